The molecule has 0 aliphatic carbocycles. The Hall–Kier alpha value is -3.15. The Morgan fingerprint density at radius 1 is 1.17 bits per heavy atom. The van der Waals surface area contributed by atoms with Crippen LogP contribution in [0, 0.1) is 5.92 Å². The number of halogens is 3. The fourth-order valence-electron chi connectivity index (χ4n) is 2.35. The van der Waals surface area contributed by atoms with Gasteiger partial charge in [-0.2, -0.15) is 18.3 Å². The molecule has 9 nitrogen and oxygen atoms in total. The van der Waals surface area contributed by atoms with Gasteiger partial charge in [-0.1, -0.05) is 18.2 Å². The van der Waals surface area contributed by atoms with Crippen LogP contribution in [0.1, 0.15) is 16.9 Å². The largest absolute Gasteiger partial charge is 0.490 e. The summed E-state index contributed by atoms with van der Waals surface area (Å²) in [6, 6.07) is 7.44. The van der Waals surface area contributed by atoms with Crippen molar-refractivity contribution < 1.29 is 32.7 Å². The van der Waals surface area contributed by atoms with E-state index >= 15 is 0 Å². The Kier molecular flexibility index (Phi) is 7.53. The number of alkyl halides is 3. The van der Waals surface area contributed by atoms with Crippen LogP contribution in [0.25, 0.3) is 10.9 Å². The first-order chi connectivity index (χ1) is 13.7. The maximum absolute atomic E-state index is 12.1. The standard InChI is InChI=1S/C15H19N5O2.C2HF3O2/c21-13(18-9-10-7-16-8-10)5-6-17-15(22)14-11-3-1-2-4-12(11)19-20-14;3-2(4,5)1(6)7/h1-4,10,16H,5-9H2,(H,17,22)(H,18,21)(H,19,20);(H,6,7). The normalized spacial score (nSPS) is 13.8. The van der Waals surface area contributed by atoms with Gasteiger partial charge in [-0.15, -0.1) is 0 Å². The van der Waals surface area contributed by atoms with Crippen molar-refractivity contribution in [2.45, 2.75) is 12.6 Å². The number of H-pyrrole nitrogens is 1. The van der Waals surface area contributed by atoms with Gasteiger partial charge in [-0.3, -0.25) is 14.7 Å². The van der Waals surface area contributed by atoms with Crippen molar-refractivity contribution >= 4 is 28.7 Å². The van der Waals surface area contributed by atoms with Crippen LogP contribution in [0.3, 0.4) is 0 Å². The summed E-state index contributed by atoms with van der Waals surface area (Å²) in [4.78, 5) is 32.6. The minimum Gasteiger partial charge on any atom is -0.475 e. The average Bonchev–Trinajstić information content (AvgIpc) is 3.04. The minimum absolute atomic E-state index is 0.0425. The first-order valence-electron chi connectivity index (χ1n) is 8.67. The highest BCUT2D eigenvalue weighted by Crippen LogP contribution is 2.14. The second-order valence-corrected chi connectivity index (χ2v) is 6.25. The van der Waals surface area contributed by atoms with E-state index in [1.54, 1.807) is 0 Å². The zero-order valence-corrected chi connectivity index (χ0v) is 15.2. The summed E-state index contributed by atoms with van der Waals surface area (Å²) in [7, 11) is 0. The topological polar surface area (TPSA) is 136 Å². The molecule has 0 bridgehead atoms. The SMILES string of the molecule is O=C(CCNC(=O)c1n[nH]c2ccccc12)NCC1CNC1.O=C(O)C(F)(F)F. The number of nitrogens with one attached hydrogen (secondary N) is 4. The number of aromatic nitrogens is 2. The number of fused-ring (bicyclic) bond motifs is 1. The number of rotatable bonds is 6. The van der Waals surface area contributed by atoms with Gasteiger partial charge in [0.25, 0.3) is 5.91 Å². The number of para-hydroxylation sites is 1. The number of aliphatic carboxylic acids is 1. The van der Waals surface area contributed by atoms with Crippen molar-refractivity contribution in [3.05, 3.63) is 30.0 Å². The van der Waals surface area contributed by atoms with Crippen LogP contribution in [0.5, 0.6) is 0 Å². The molecule has 1 fully saturated rings. The average molecular weight is 415 g/mol. The quantitative estimate of drug-likeness (QED) is 0.470. The molecule has 2 amide bonds. The first kappa shape index (κ1) is 22.1. The van der Waals surface area contributed by atoms with Crippen LogP contribution in [-0.4, -0.2) is 65.4 Å². The summed E-state index contributed by atoms with van der Waals surface area (Å²) in [6.07, 6.45) is -4.81. The van der Waals surface area contributed by atoms with E-state index in [9.17, 15) is 22.8 Å². The van der Waals surface area contributed by atoms with Gasteiger partial charge in [-0.05, 0) is 6.07 Å². The Bertz CT molecular complexity index is 864. The lowest BCUT2D eigenvalue weighted by Crippen LogP contribution is -2.48. The molecule has 0 saturated carbocycles. The van der Waals surface area contributed by atoms with Crippen LogP contribution in [-0.2, 0) is 9.59 Å². The molecule has 0 spiro atoms. The van der Waals surface area contributed by atoms with Gasteiger partial charge in [0.15, 0.2) is 5.69 Å². The number of hydrogen-bond acceptors (Lipinski definition) is 5. The van der Waals surface area contributed by atoms with Gasteiger partial charge in [0.2, 0.25) is 5.91 Å². The van der Waals surface area contributed by atoms with Crippen molar-refractivity contribution in [2.24, 2.45) is 5.92 Å². The predicted octanol–water partition coefficient (Wildman–Crippen LogP) is 0.652. The summed E-state index contributed by atoms with van der Waals surface area (Å²) in [5.74, 6) is -2.53. The number of benzene rings is 1. The van der Waals surface area contributed by atoms with Gasteiger partial charge in [-0.25, -0.2) is 4.79 Å². The van der Waals surface area contributed by atoms with Crippen molar-refractivity contribution in [2.75, 3.05) is 26.2 Å². The van der Waals surface area contributed by atoms with Crippen LogP contribution >= 0.6 is 0 Å². The van der Waals surface area contributed by atoms with Gasteiger partial charge < -0.3 is 21.1 Å². The summed E-state index contributed by atoms with van der Waals surface area (Å²) < 4.78 is 31.7. The number of hydrogen-bond donors (Lipinski definition) is 5. The van der Waals surface area contributed by atoms with Crippen LogP contribution in [0.15, 0.2) is 24.3 Å². The summed E-state index contributed by atoms with van der Waals surface area (Å²) >= 11 is 0. The highest BCUT2D eigenvalue weighted by Gasteiger charge is 2.38. The molecule has 0 unspecified atom stereocenters. The summed E-state index contributed by atoms with van der Waals surface area (Å²) in [6.45, 7) is 2.92. The molecule has 5 N–H and O–H groups in total. The van der Waals surface area contributed by atoms with Crippen molar-refractivity contribution in [3.8, 4) is 0 Å². The summed E-state index contributed by atoms with van der Waals surface area (Å²) in [5, 5.41) is 23.5. The van der Waals surface area contributed by atoms with E-state index in [1.165, 1.54) is 0 Å². The molecule has 1 aromatic heterocycles. The fourth-order valence-corrected chi connectivity index (χ4v) is 2.35. The minimum atomic E-state index is -5.08. The maximum atomic E-state index is 12.1. The van der Waals surface area contributed by atoms with E-state index in [0.29, 0.717) is 24.7 Å². The number of carbonyl (C=O) groups is 3. The summed E-state index contributed by atoms with van der Waals surface area (Å²) in [5.41, 5.74) is 1.18. The third-order valence-corrected chi connectivity index (χ3v) is 4.02. The molecule has 29 heavy (non-hydrogen) atoms. The Morgan fingerprint density at radius 3 is 2.41 bits per heavy atom. The second-order valence-electron chi connectivity index (χ2n) is 6.25. The number of amides is 2. The molecule has 2 heterocycles. The number of nitrogens with zero attached hydrogens (tertiary/aromatic N) is 1. The molecule has 0 atom stereocenters. The van der Waals surface area contributed by atoms with Crippen LogP contribution < -0.4 is 16.0 Å². The first-order valence-corrected chi connectivity index (χ1v) is 8.67. The Balaban J connectivity index is 0.000000370. The van der Waals surface area contributed by atoms with E-state index in [0.717, 1.165) is 24.0 Å². The van der Waals surface area contributed by atoms with E-state index in [4.69, 9.17) is 9.90 Å². The van der Waals surface area contributed by atoms with E-state index in [-0.39, 0.29) is 18.2 Å². The Morgan fingerprint density at radius 2 is 1.83 bits per heavy atom. The molecule has 1 aliphatic heterocycles. The molecule has 1 saturated heterocycles. The fraction of sp³-hybridized carbons (Fsp3) is 0.412. The molecule has 3 rings (SSSR count). The van der Waals surface area contributed by atoms with Crippen molar-refractivity contribution in [1.29, 1.82) is 0 Å². The van der Waals surface area contributed by atoms with Gasteiger partial charge >= 0.3 is 12.1 Å². The third kappa shape index (κ3) is 6.75. The lowest BCUT2D eigenvalue weighted by atomic mass is 10.0. The zero-order valence-electron chi connectivity index (χ0n) is 15.2. The second kappa shape index (κ2) is 9.87. The molecular formula is C17H20F3N5O4. The smallest absolute Gasteiger partial charge is 0.475 e. The van der Waals surface area contributed by atoms with E-state index < -0.39 is 12.1 Å². The zero-order chi connectivity index (χ0) is 21.4. The monoisotopic (exact) mass is 415 g/mol. The molecule has 0 radical (unpaired) electrons. The maximum Gasteiger partial charge on any atom is 0.490 e. The number of carbonyl (C=O) groups excluding carboxylic acids is 2. The molecule has 1 aliphatic rings. The lowest BCUT2D eigenvalue weighted by Gasteiger charge is -2.27. The van der Waals surface area contributed by atoms with Gasteiger partial charge in [0, 0.05) is 43.9 Å². The number of carboxylic acid groups (broad SMARTS) is 1. The van der Waals surface area contributed by atoms with Gasteiger partial charge in [0.1, 0.15) is 0 Å². The molecular weight excluding hydrogens is 395 g/mol. The van der Waals surface area contributed by atoms with E-state index in [2.05, 4.69) is 26.1 Å². The molecule has 2 aromatic rings. The van der Waals surface area contributed by atoms with Gasteiger partial charge in [0.05, 0.1) is 5.52 Å². The number of aromatic amines is 1. The molecule has 12 heteroatoms. The molecule has 158 valence electrons. The van der Waals surface area contributed by atoms with E-state index in [1.807, 2.05) is 24.3 Å². The number of carboxylic acids is 1. The lowest BCUT2D eigenvalue weighted by molar-refractivity contribution is -0.192. The highest BCUT2D eigenvalue weighted by atomic mass is 19.4. The van der Waals surface area contributed by atoms with Crippen molar-refractivity contribution in [1.82, 2.24) is 26.1 Å². The third-order valence-electron chi connectivity index (χ3n) is 4.02. The van der Waals surface area contributed by atoms with Crippen LogP contribution in [0.2, 0.25) is 0 Å². The Labute approximate surface area is 163 Å². The molecule has 1 aromatic carbocycles. The highest BCUT2D eigenvalue weighted by molar-refractivity contribution is 6.04. The van der Waals surface area contributed by atoms with Crippen LogP contribution in [0.4, 0.5) is 13.2 Å². The predicted molar refractivity (Wildman–Crippen MR) is 96.1 cm³/mol. The van der Waals surface area contributed by atoms with Crippen molar-refractivity contribution in [3.63, 3.8) is 0 Å².